The SMILES string of the molecule is Nc1cc(I)ccc1CCC(=O)O. The van der Waals surface area contributed by atoms with E-state index < -0.39 is 5.97 Å². The summed E-state index contributed by atoms with van der Waals surface area (Å²) in [6.07, 6.45) is 0.628. The Kier molecular flexibility index (Phi) is 3.53. The summed E-state index contributed by atoms with van der Waals surface area (Å²) in [4.78, 5) is 10.3. The summed E-state index contributed by atoms with van der Waals surface area (Å²) in [6.45, 7) is 0. The summed E-state index contributed by atoms with van der Waals surface area (Å²) in [5, 5.41) is 8.48. The van der Waals surface area contributed by atoms with Crippen LogP contribution >= 0.6 is 22.6 Å². The molecule has 0 fully saturated rings. The maximum atomic E-state index is 10.3. The number of carboxylic acids is 1. The molecule has 0 amide bonds. The van der Waals surface area contributed by atoms with Crippen LogP contribution in [0.25, 0.3) is 0 Å². The molecule has 0 saturated heterocycles. The lowest BCUT2D eigenvalue weighted by atomic mass is 10.1. The monoisotopic (exact) mass is 291 g/mol. The highest BCUT2D eigenvalue weighted by molar-refractivity contribution is 14.1. The van der Waals surface area contributed by atoms with Crippen molar-refractivity contribution in [2.24, 2.45) is 0 Å². The quantitative estimate of drug-likeness (QED) is 0.660. The molecule has 4 heteroatoms. The molecular weight excluding hydrogens is 281 g/mol. The predicted molar refractivity (Wildman–Crippen MR) is 59.5 cm³/mol. The average molecular weight is 291 g/mol. The van der Waals surface area contributed by atoms with Crippen LogP contribution in [0.1, 0.15) is 12.0 Å². The van der Waals surface area contributed by atoms with Crippen molar-refractivity contribution in [1.29, 1.82) is 0 Å². The number of rotatable bonds is 3. The Morgan fingerprint density at radius 3 is 2.77 bits per heavy atom. The topological polar surface area (TPSA) is 63.3 Å². The van der Waals surface area contributed by atoms with E-state index in [-0.39, 0.29) is 6.42 Å². The molecule has 3 N–H and O–H groups in total. The maximum absolute atomic E-state index is 10.3. The zero-order valence-corrected chi connectivity index (χ0v) is 9.11. The second-order valence-corrected chi connectivity index (χ2v) is 3.98. The van der Waals surface area contributed by atoms with Gasteiger partial charge in [-0.3, -0.25) is 4.79 Å². The molecule has 0 saturated carbocycles. The van der Waals surface area contributed by atoms with Gasteiger partial charge in [0.15, 0.2) is 0 Å². The molecule has 13 heavy (non-hydrogen) atoms. The van der Waals surface area contributed by atoms with Gasteiger partial charge in [-0.1, -0.05) is 6.07 Å². The van der Waals surface area contributed by atoms with Crippen LogP contribution in [0.2, 0.25) is 0 Å². The van der Waals surface area contributed by atoms with Crippen LogP contribution in [0.15, 0.2) is 18.2 Å². The summed E-state index contributed by atoms with van der Waals surface area (Å²) in [7, 11) is 0. The lowest BCUT2D eigenvalue weighted by Crippen LogP contribution is -2.00. The summed E-state index contributed by atoms with van der Waals surface area (Å²) >= 11 is 2.17. The van der Waals surface area contributed by atoms with Crippen molar-refractivity contribution in [2.75, 3.05) is 5.73 Å². The third-order valence-corrected chi connectivity index (χ3v) is 2.39. The zero-order valence-electron chi connectivity index (χ0n) is 6.96. The first kappa shape index (κ1) is 10.3. The first-order chi connectivity index (χ1) is 6.09. The normalized spacial score (nSPS) is 9.92. The van der Waals surface area contributed by atoms with Crippen molar-refractivity contribution in [1.82, 2.24) is 0 Å². The first-order valence-corrected chi connectivity index (χ1v) is 4.93. The van der Waals surface area contributed by atoms with Crippen molar-refractivity contribution in [3.63, 3.8) is 0 Å². The van der Waals surface area contributed by atoms with Gasteiger partial charge in [0.2, 0.25) is 0 Å². The predicted octanol–water partition coefficient (Wildman–Crippen LogP) is 1.89. The molecular formula is C9H10INO2. The smallest absolute Gasteiger partial charge is 0.303 e. The molecule has 1 aromatic carbocycles. The molecule has 0 aliphatic carbocycles. The number of aliphatic carboxylic acids is 1. The fourth-order valence-corrected chi connectivity index (χ4v) is 1.55. The van der Waals surface area contributed by atoms with Gasteiger partial charge in [-0.15, -0.1) is 0 Å². The summed E-state index contributed by atoms with van der Waals surface area (Å²) < 4.78 is 1.06. The van der Waals surface area contributed by atoms with Gasteiger partial charge >= 0.3 is 5.97 Å². The fraction of sp³-hybridized carbons (Fsp3) is 0.222. The van der Waals surface area contributed by atoms with Gasteiger partial charge in [-0.05, 0) is 46.7 Å². The number of carbonyl (C=O) groups is 1. The Morgan fingerprint density at radius 2 is 2.23 bits per heavy atom. The van der Waals surface area contributed by atoms with Gasteiger partial charge in [-0.25, -0.2) is 0 Å². The molecule has 70 valence electrons. The van der Waals surface area contributed by atoms with Crippen LogP contribution in [-0.2, 0) is 11.2 Å². The lowest BCUT2D eigenvalue weighted by Gasteiger charge is -2.03. The van der Waals surface area contributed by atoms with Gasteiger partial charge in [0.05, 0.1) is 0 Å². The molecule has 1 rings (SSSR count). The number of aryl methyl sites for hydroxylation is 1. The highest BCUT2D eigenvalue weighted by Crippen LogP contribution is 2.17. The van der Waals surface area contributed by atoms with E-state index in [0.29, 0.717) is 12.1 Å². The summed E-state index contributed by atoms with van der Waals surface area (Å²) in [5.74, 6) is -0.794. The molecule has 0 aromatic heterocycles. The highest BCUT2D eigenvalue weighted by Gasteiger charge is 2.02. The summed E-state index contributed by atoms with van der Waals surface area (Å²) in [5.41, 5.74) is 7.29. The molecule has 0 atom stereocenters. The van der Waals surface area contributed by atoms with Crippen molar-refractivity contribution in [2.45, 2.75) is 12.8 Å². The molecule has 0 bridgehead atoms. The molecule has 0 aliphatic rings. The minimum Gasteiger partial charge on any atom is -0.481 e. The van der Waals surface area contributed by atoms with Crippen molar-refractivity contribution in [3.8, 4) is 0 Å². The number of carboxylic acid groups (broad SMARTS) is 1. The molecule has 0 spiro atoms. The van der Waals surface area contributed by atoms with E-state index in [0.717, 1.165) is 9.13 Å². The number of halogens is 1. The van der Waals surface area contributed by atoms with Crippen molar-refractivity contribution < 1.29 is 9.90 Å². The van der Waals surface area contributed by atoms with Gasteiger partial charge in [0.1, 0.15) is 0 Å². The van der Waals surface area contributed by atoms with E-state index in [9.17, 15) is 4.79 Å². The van der Waals surface area contributed by atoms with Gasteiger partial charge in [0, 0.05) is 15.7 Å². The van der Waals surface area contributed by atoms with E-state index in [1.165, 1.54) is 0 Å². The van der Waals surface area contributed by atoms with E-state index in [1.54, 1.807) is 0 Å². The molecule has 0 unspecified atom stereocenters. The van der Waals surface area contributed by atoms with E-state index in [4.69, 9.17) is 10.8 Å². The minimum atomic E-state index is -0.794. The Morgan fingerprint density at radius 1 is 1.54 bits per heavy atom. The van der Waals surface area contributed by atoms with E-state index in [2.05, 4.69) is 22.6 Å². The molecule has 1 aromatic rings. The highest BCUT2D eigenvalue weighted by atomic mass is 127. The first-order valence-electron chi connectivity index (χ1n) is 3.85. The second-order valence-electron chi connectivity index (χ2n) is 2.74. The second kappa shape index (κ2) is 4.45. The number of nitrogen functional groups attached to an aromatic ring is 1. The number of benzene rings is 1. The average Bonchev–Trinajstić information content (AvgIpc) is 2.02. The Labute approximate surface area is 90.1 Å². The lowest BCUT2D eigenvalue weighted by molar-refractivity contribution is -0.136. The third kappa shape index (κ3) is 3.22. The van der Waals surface area contributed by atoms with Crippen molar-refractivity contribution >= 4 is 34.2 Å². The van der Waals surface area contributed by atoms with Crippen molar-refractivity contribution in [3.05, 3.63) is 27.3 Å². The number of nitrogens with two attached hydrogens (primary N) is 1. The Balaban J connectivity index is 2.72. The van der Waals surface area contributed by atoms with Gasteiger partial charge in [-0.2, -0.15) is 0 Å². The van der Waals surface area contributed by atoms with Crippen LogP contribution in [-0.4, -0.2) is 11.1 Å². The third-order valence-electron chi connectivity index (χ3n) is 1.72. The Bertz CT molecular complexity index is 325. The van der Waals surface area contributed by atoms with Crippen LogP contribution < -0.4 is 5.73 Å². The largest absolute Gasteiger partial charge is 0.481 e. The zero-order chi connectivity index (χ0) is 9.84. The summed E-state index contributed by atoms with van der Waals surface area (Å²) in [6, 6.07) is 5.64. The molecule has 3 nitrogen and oxygen atoms in total. The Hall–Kier alpha value is -0.780. The van der Waals surface area contributed by atoms with Gasteiger partial charge in [0.25, 0.3) is 0 Å². The number of anilines is 1. The van der Waals surface area contributed by atoms with Crippen LogP contribution in [0.5, 0.6) is 0 Å². The number of hydrogen-bond donors (Lipinski definition) is 2. The fourth-order valence-electron chi connectivity index (χ4n) is 1.04. The van der Waals surface area contributed by atoms with Crippen LogP contribution in [0.3, 0.4) is 0 Å². The maximum Gasteiger partial charge on any atom is 0.303 e. The molecule has 0 aliphatic heterocycles. The molecule has 0 heterocycles. The van der Waals surface area contributed by atoms with E-state index >= 15 is 0 Å². The van der Waals surface area contributed by atoms with Crippen LogP contribution in [0.4, 0.5) is 5.69 Å². The number of hydrogen-bond acceptors (Lipinski definition) is 2. The van der Waals surface area contributed by atoms with Gasteiger partial charge < -0.3 is 10.8 Å². The van der Waals surface area contributed by atoms with Crippen LogP contribution in [0, 0.1) is 3.57 Å². The molecule has 0 radical (unpaired) electrons. The van der Waals surface area contributed by atoms with E-state index in [1.807, 2.05) is 18.2 Å². The minimum absolute atomic E-state index is 0.130. The standard InChI is InChI=1S/C9H10INO2/c10-7-3-1-6(8(11)5-7)2-4-9(12)13/h1,3,5H,2,4,11H2,(H,12,13).